The topological polar surface area (TPSA) is 66.0 Å². The normalized spacial score (nSPS) is 19.0. The van der Waals surface area contributed by atoms with E-state index in [2.05, 4.69) is 15.6 Å². The van der Waals surface area contributed by atoms with Crippen molar-refractivity contribution in [2.45, 2.75) is 45.3 Å². The van der Waals surface area contributed by atoms with Gasteiger partial charge in [-0.25, -0.2) is 13.6 Å². The van der Waals surface area contributed by atoms with Crippen LogP contribution in [0, 0.1) is 0 Å². The van der Waals surface area contributed by atoms with E-state index >= 15 is 0 Å². The molecule has 1 atom stereocenters. The van der Waals surface area contributed by atoms with E-state index in [-0.39, 0.29) is 30.0 Å². The Morgan fingerprint density at radius 2 is 2.09 bits per heavy atom. The van der Waals surface area contributed by atoms with Crippen molar-refractivity contribution in [1.29, 1.82) is 0 Å². The summed E-state index contributed by atoms with van der Waals surface area (Å²) >= 11 is 0. The van der Waals surface area contributed by atoms with Gasteiger partial charge in [0.1, 0.15) is 5.60 Å². The van der Waals surface area contributed by atoms with Gasteiger partial charge in [-0.15, -0.1) is 24.0 Å². The molecule has 0 saturated carbocycles. The number of likely N-dealkylation sites (tertiary alicyclic amines) is 1. The first kappa shape index (κ1) is 21.1. The molecule has 1 heterocycles. The molecule has 0 radical (unpaired) electrons. The molecular formula is C13H25F2IN4O2. The Labute approximate surface area is 147 Å². The fourth-order valence-electron chi connectivity index (χ4n) is 2.05. The lowest BCUT2D eigenvalue weighted by Gasteiger charge is -2.23. The first-order chi connectivity index (χ1) is 9.71. The van der Waals surface area contributed by atoms with Gasteiger partial charge in [0.25, 0.3) is 6.43 Å². The van der Waals surface area contributed by atoms with Crippen LogP contribution in [0.1, 0.15) is 27.2 Å². The second kappa shape index (κ2) is 9.31. The molecule has 0 aromatic rings. The Balaban J connectivity index is 0.00000441. The number of halogens is 3. The summed E-state index contributed by atoms with van der Waals surface area (Å²) in [6, 6.07) is -0.0788. The molecule has 0 bridgehead atoms. The quantitative estimate of drug-likeness (QED) is 0.406. The number of guanidine groups is 1. The lowest BCUT2D eigenvalue weighted by atomic mass is 10.2. The number of alkyl halides is 2. The molecule has 0 aliphatic carbocycles. The van der Waals surface area contributed by atoms with E-state index in [9.17, 15) is 13.6 Å². The van der Waals surface area contributed by atoms with Crippen LogP contribution in [0.25, 0.3) is 0 Å². The third-order valence-electron chi connectivity index (χ3n) is 2.83. The number of nitrogens with zero attached hydrogens (tertiary/aromatic N) is 2. The van der Waals surface area contributed by atoms with Gasteiger partial charge in [0.05, 0.1) is 12.6 Å². The van der Waals surface area contributed by atoms with Gasteiger partial charge in [-0.3, -0.25) is 4.99 Å². The highest BCUT2D eigenvalue weighted by Gasteiger charge is 2.27. The van der Waals surface area contributed by atoms with Crippen molar-refractivity contribution in [3.63, 3.8) is 0 Å². The highest BCUT2D eigenvalue weighted by atomic mass is 127. The maximum Gasteiger partial charge on any atom is 0.407 e. The Morgan fingerprint density at radius 1 is 1.45 bits per heavy atom. The van der Waals surface area contributed by atoms with Gasteiger partial charge < -0.3 is 20.3 Å². The standard InChI is InChI=1S/C13H24F2N4O2.HI/c1-13(2,3)21-12(20)18-9-5-6-19(8-9)11(16-4)17-7-10(14)15;/h9-10H,5-8H2,1-4H3,(H,16,17)(H,18,20);1H/t9-;/m1./s1. The van der Waals surface area contributed by atoms with Crippen molar-refractivity contribution in [2.75, 3.05) is 26.7 Å². The van der Waals surface area contributed by atoms with Gasteiger partial charge in [-0.05, 0) is 27.2 Å². The Hall–Kier alpha value is -0.870. The monoisotopic (exact) mass is 434 g/mol. The van der Waals surface area contributed by atoms with Crippen LogP contribution < -0.4 is 10.6 Å². The van der Waals surface area contributed by atoms with Crippen LogP contribution in [-0.2, 0) is 4.74 Å². The van der Waals surface area contributed by atoms with Gasteiger partial charge >= 0.3 is 6.09 Å². The number of hydrogen-bond acceptors (Lipinski definition) is 3. The molecule has 0 aromatic heterocycles. The molecule has 1 amide bonds. The van der Waals surface area contributed by atoms with Crippen molar-refractivity contribution in [3.8, 4) is 0 Å². The predicted octanol–water partition coefficient (Wildman–Crippen LogP) is 2.04. The average Bonchev–Trinajstić information content (AvgIpc) is 2.75. The van der Waals surface area contributed by atoms with Gasteiger partial charge in [-0.2, -0.15) is 0 Å². The first-order valence-corrected chi connectivity index (χ1v) is 6.94. The predicted molar refractivity (Wildman–Crippen MR) is 92.1 cm³/mol. The average molecular weight is 434 g/mol. The molecule has 0 unspecified atom stereocenters. The van der Waals surface area contributed by atoms with E-state index in [0.717, 1.165) is 0 Å². The van der Waals surface area contributed by atoms with E-state index in [1.165, 1.54) is 0 Å². The molecule has 0 aromatic carbocycles. The van der Waals surface area contributed by atoms with E-state index in [1.54, 1.807) is 27.8 Å². The number of alkyl carbamates (subject to hydrolysis) is 1. The van der Waals surface area contributed by atoms with Crippen LogP contribution in [0.3, 0.4) is 0 Å². The van der Waals surface area contributed by atoms with Crippen LogP contribution in [0.15, 0.2) is 4.99 Å². The summed E-state index contributed by atoms with van der Waals surface area (Å²) < 4.78 is 29.6. The number of carbonyl (C=O) groups excluding carboxylic acids is 1. The van der Waals surface area contributed by atoms with Gasteiger partial charge in [0.2, 0.25) is 0 Å². The summed E-state index contributed by atoms with van der Waals surface area (Å²) in [6.45, 7) is 6.11. The molecule has 1 rings (SSSR count). The summed E-state index contributed by atoms with van der Waals surface area (Å²) in [4.78, 5) is 17.5. The lowest BCUT2D eigenvalue weighted by Crippen LogP contribution is -2.45. The number of rotatable bonds is 3. The molecule has 6 nitrogen and oxygen atoms in total. The molecule has 1 saturated heterocycles. The SMILES string of the molecule is CN=C(NCC(F)F)N1CC[C@@H](NC(=O)OC(C)(C)C)C1.I. The summed E-state index contributed by atoms with van der Waals surface area (Å²) in [5, 5.41) is 5.38. The van der Waals surface area contributed by atoms with Gasteiger partial charge in [0.15, 0.2) is 5.96 Å². The summed E-state index contributed by atoms with van der Waals surface area (Å²) in [5.41, 5.74) is -0.544. The minimum Gasteiger partial charge on any atom is -0.444 e. The molecule has 22 heavy (non-hydrogen) atoms. The largest absolute Gasteiger partial charge is 0.444 e. The summed E-state index contributed by atoms with van der Waals surface area (Å²) in [6.07, 6.45) is -2.18. The zero-order valence-electron chi connectivity index (χ0n) is 13.4. The fraction of sp³-hybridized carbons (Fsp3) is 0.846. The minimum atomic E-state index is -2.43. The van der Waals surface area contributed by atoms with Crippen molar-refractivity contribution < 1.29 is 18.3 Å². The van der Waals surface area contributed by atoms with Crippen molar-refractivity contribution >= 4 is 36.0 Å². The van der Waals surface area contributed by atoms with E-state index < -0.39 is 24.7 Å². The lowest BCUT2D eigenvalue weighted by molar-refractivity contribution is 0.0507. The Morgan fingerprint density at radius 3 is 2.59 bits per heavy atom. The third-order valence-corrected chi connectivity index (χ3v) is 2.83. The van der Waals surface area contributed by atoms with E-state index in [0.29, 0.717) is 25.5 Å². The van der Waals surface area contributed by atoms with Crippen molar-refractivity contribution in [1.82, 2.24) is 15.5 Å². The number of carbonyl (C=O) groups is 1. The molecule has 130 valence electrons. The van der Waals surface area contributed by atoms with Crippen LogP contribution in [0.4, 0.5) is 13.6 Å². The number of amides is 1. The van der Waals surface area contributed by atoms with Crippen LogP contribution in [0.2, 0.25) is 0 Å². The molecule has 1 aliphatic heterocycles. The molecule has 1 fully saturated rings. The third kappa shape index (κ3) is 7.95. The number of ether oxygens (including phenoxy) is 1. The highest BCUT2D eigenvalue weighted by molar-refractivity contribution is 14.0. The number of aliphatic imine (C=N–C) groups is 1. The highest BCUT2D eigenvalue weighted by Crippen LogP contribution is 2.12. The van der Waals surface area contributed by atoms with Crippen LogP contribution >= 0.6 is 24.0 Å². The van der Waals surface area contributed by atoms with E-state index in [4.69, 9.17) is 4.74 Å². The van der Waals surface area contributed by atoms with Gasteiger partial charge in [-0.1, -0.05) is 0 Å². The molecular weight excluding hydrogens is 409 g/mol. The molecule has 1 aliphatic rings. The number of nitrogens with one attached hydrogen (secondary N) is 2. The van der Waals surface area contributed by atoms with Crippen molar-refractivity contribution in [2.24, 2.45) is 4.99 Å². The second-order valence-corrected chi connectivity index (χ2v) is 5.90. The molecule has 2 N–H and O–H groups in total. The fourth-order valence-corrected chi connectivity index (χ4v) is 2.05. The van der Waals surface area contributed by atoms with Crippen LogP contribution in [-0.4, -0.2) is 61.7 Å². The smallest absolute Gasteiger partial charge is 0.407 e. The van der Waals surface area contributed by atoms with Crippen LogP contribution in [0.5, 0.6) is 0 Å². The Kier molecular flexibility index (Phi) is 8.94. The first-order valence-electron chi connectivity index (χ1n) is 6.94. The maximum absolute atomic E-state index is 12.2. The second-order valence-electron chi connectivity index (χ2n) is 5.90. The minimum absolute atomic E-state index is 0. The molecule has 9 heteroatoms. The van der Waals surface area contributed by atoms with E-state index in [1.807, 2.05) is 4.90 Å². The summed E-state index contributed by atoms with van der Waals surface area (Å²) in [7, 11) is 1.54. The Bertz CT molecular complexity index is 389. The zero-order chi connectivity index (χ0) is 16.0. The van der Waals surface area contributed by atoms with Gasteiger partial charge in [0, 0.05) is 20.1 Å². The maximum atomic E-state index is 12.2. The zero-order valence-corrected chi connectivity index (χ0v) is 15.7. The number of hydrogen-bond donors (Lipinski definition) is 2. The summed E-state index contributed by atoms with van der Waals surface area (Å²) in [5.74, 6) is 0.420. The molecule has 0 spiro atoms. The van der Waals surface area contributed by atoms with Crippen molar-refractivity contribution in [3.05, 3.63) is 0 Å².